The monoisotopic (exact) mass is 202 g/mol. The third kappa shape index (κ3) is 1.23. The van der Waals surface area contributed by atoms with Crippen LogP contribution < -0.4 is 0 Å². The Bertz CT molecular complexity index is 486. The van der Waals surface area contributed by atoms with Crippen LogP contribution in [-0.4, -0.2) is 17.3 Å². The summed E-state index contributed by atoms with van der Waals surface area (Å²) in [7, 11) is 0. The molecule has 0 fully saturated rings. The van der Waals surface area contributed by atoms with Gasteiger partial charge in [0.05, 0.1) is 0 Å². The van der Waals surface area contributed by atoms with Gasteiger partial charge in [-0.25, -0.2) is 0 Å². The fraction of sp³-hybridized carbons (Fsp3) is 0.250. The summed E-state index contributed by atoms with van der Waals surface area (Å²) in [6.07, 6.45) is 0. The Morgan fingerprint density at radius 2 is 1.87 bits per heavy atom. The van der Waals surface area contributed by atoms with Crippen LogP contribution in [0.5, 0.6) is 0 Å². The van der Waals surface area contributed by atoms with E-state index >= 15 is 0 Å². The number of carbonyl (C=O) groups is 3. The maximum Gasteiger partial charge on any atom is 0.182 e. The van der Waals surface area contributed by atoms with Gasteiger partial charge < -0.3 is 0 Å². The summed E-state index contributed by atoms with van der Waals surface area (Å²) < 4.78 is 0. The number of Topliss-reactive ketones (excluding diaryl/α,β-unsaturated/α-hetero) is 3. The summed E-state index contributed by atoms with van der Waals surface area (Å²) in [5.74, 6) is -2.17. The minimum Gasteiger partial charge on any atom is -0.299 e. The Kier molecular flexibility index (Phi) is 2.03. The van der Waals surface area contributed by atoms with E-state index in [1.165, 1.54) is 6.92 Å². The third-order valence-corrected chi connectivity index (χ3v) is 2.72. The Morgan fingerprint density at radius 1 is 1.20 bits per heavy atom. The molecule has 1 aromatic carbocycles. The Morgan fingerprint density at radius 3 is 2.40 bits per heavy atom. The van der Waals surface area contributed by atoms with Gasteiger partial charge in [-0.3, -0.25) is 14.4 Å². The first-order chi connectivity index (χ1) is 7.04. The largest absolute Gasteiger partial charge is 0.299 e. The van der Waals surface area contributed by atoms with Gasteiger partial charge in [-0.05, 0) is 19.4 Å². The van der Waals surface area contributed by atoms with Crippen molar-refractivity contribution >= 4 is 17.3 Å². The fourth-order valence-electron chi connectivity index (χ4n) is 1.99. The molecule has 3 nitrogen and oxygen atoms in total. The highest BCUT2D eigenvalue weighted by Crippen LogP contribution is 2.29. The SMILES string of the molecule is CC(=O)C1C(=O)c2cccc(C)c2C1=O. The number of benzene rings is 1. The second kappa shape index (κ2) is 3.12. The average molecular weight is 202 g/mol. The zero-order valence-electron chi connectivity index (χ0n) is 8.53. The molecule has 0 amide bonds. The van der Waals surface area contributed by atoms with Gasteiger partial charge in [0.25, 0.3) is 0 Å². The number of hydrogen-bond acceptors (Lipinski definition) is 3. The molecule has 1 aliphatic carbocycles. The minimum absolute atomic E-state index is 0.347. The van der Waals surface area contributed by atoms with Crippen LogP contribution in [-0.2, 0) is 4.79 Å². The van der Waals surface area contributed by atoms with E-state index in [1.807, 2.05) is 0 Å². The molecule has 1 aromatic rings. The first-order valence-corrected chi connectivity index (χ1v) is 4.72. The summed E-state index contributed by atoms with van der Waals surface area (Å²) in [5, 5.41) is 0. The Hall–Kier alpha value is -1.77. The number of aryl methyl sites for hydroxylation is 1. The van der Waals surface area contributed by atoms with Crippen molar-refractivity contribution in [1.82, 2.24) is 0 Å². The van der Waals surface area contributed by atoms with Crippen molar-refractivity contribution in [3.63, 3.8) is 0 Å². The van der Waals surface area contributed by atoms with Crippen molar-refractivity contribution in [1.29, 1.82) is 0 Å². The highest BCUT2D eigenvalue weighted by molar-refractivity contribution is 6.35. The molecule has 15 heavy (non-hydrogen) atoms. The van der Waals surface area contributed by atoms with Crippen molar-refractivity contribution < 1.29 is 14.4 Å². The van der Waals surface area contributed by atoms with Gasteiger partial charge in [0.2, 0.25) is 0 Å². The lowest BCUT2D eigenvalue weighted by atomic mass is 9.99. The molecule has 0 bridgehead atoms. The third-order valence-electron chi connectivity index (χ3n) is 2.72. The van der Waals surface area contributed by atoms with Crippen LogP contribution >= 0.6 is 0 Å². The molecule has 0 saturated carbocycles. The zero-order valence-corrected chi connectivity index (χ0v) is 8.53. The van der Waals surface area contributed by atoms with Crippen LogP contribution in [0.4, 0.5) is 0 Å². The lowest BCUT2D eigenvalue weighted by Crippen LogP contribution is -2.23. The highest BCUT2D eigenvalue weighted by atomic mass is 16.2. The van der Waals surface area contributed by atoms with Crippen molar-refractivity contribution in [2.45, 2.75) is 13.8 Å². The number of rotatable bonds is 1. The second-order valence-electron chi connectivity index (χ2n) is 3.77. The molecule has 0 aliphatic heterocycles. The molecule has 2 rings (SSSR count). The smallest absolute Gasteiger partial charge is 0.182 e. The fourth-order valence-corrected chi connectivity index (χ4v) is 1.99. The van der Waals surface area contributed by atoms with Crippen LogP contribution in [0.25, 0.3) is 0 Å². The maximum atomic E-state index is 11.8. The van der Waals surface area contributed by atoms with Crippen LogP contribution in [0.1, 0.15) is 33.2 Å². The summed E-state index contributed by atoms with van der Waals surface area (Å²) in [5.41, 5.74) is 1.57. The Labute approximate surface area is 87.1 Å². The number of hydrogen-bond donors (Lipinski definition) is 0. The van der Waals surface area contributed by atoms with E-state index in [0.717, 1.165) is 5.56 Å². The van der Waals surface area contributed by atoms with Crippen molar-refractivity contribution in [3.05, 3.63) is 34.9 Å². The van der Waals surface area contributed by atoms with E-state index < -0.39 is 5.92 Å². The zero-order chi connectivity index (χ0) is 11.2. The Balaban J connectivity index is 2.66. The van der Waals surface area contributed by atoms with Gasteiger partial charge in [0.1, 0.15) is 11.7 Å². The minimum atomic E-state index is -1.10. The normalized spacial score (nSPS) is 19.2. The summed E-state index contributed by atoms with van der Waals surface area (Å²) in [6.45, 7) is 3.05. The van der Waals surface area contributed by atoms with Crippen LogP contribution in [0.2, 0.25) is 0 Å². The van der Waals surface area contributed by atoms with E-state index in [1.54, 1.807) is 25.1 Å². The first-order valence-electron chi connectivity index (χ1n) is 4.72. The van der Waals surface area contributed by atoms with E-state index in [-0.39, 0.29) is 17.3 Å². The molecular formula is C12H10O3. The van der Waals surface area contributed by atoms with Gasteiger partial charge in [-0.1, -0.05) is 18.2 Å². The standard InChI is InChI=1S/C12H10O3/c1-6-4-3-5-8-9(6)12(15)10(7(2)13)11(8)14/h3-5,10H,1-2H3. The van der Waals surface area contributed by atoms with E-state index in [2.05, 4.69) is 0 Å². The quantitative estimate of drug-likeness (QED) is 0.649. The second-order valence-corrected chi connectivity index (χ2v) is 3.77. The maximum absolute atomic E-state index is 11.8. The van der Waals surface area contributed by atoms with Gasteiger partial charge in [-0.2, -0.15) is 0 Å². The summed E-state index contributed by atoms with van der Waals surface area (Å²) >= 11 is 0. The molecule has 1 atom stereocenters. The molecule has 1 aliphatic rings. The molecule has 0 aromatic heterocycles. The van der Waals surface area contributed by atoms with Gasteiger partial charge in [0, 0.05) is 11.1 Å². The molecule has 0 saturated heterocycles. The number of carbonyl (C=O) groups excluding carboxylic acids is 3. The lowest BCUT2D eigenvalue weighted by molar-refractivity contribution is -0.118. The van der Waals surface area contributed by atoms with Crippen LogP contribution in [0.15, 0.2) is 18.2 Å². The molecule has 3 heteroatoms. The topological polar surface area (TPSA) is 51.2 Å². The first kappa shape index (κ1) is 9.77. The predicted octanol–water partition coefficient (Wildman–Crippen LogP) is 1.58. The highest BCUT2D eigenvalue weighted by Gasteiger charge is 2.41. The number of fused-ring (bicyclic) bond motifs is 1. The lowest BCUT2D eigenvalue weighted by Gasteiger charge is -2.00. The predicted molar refractivity (Wildman–Crippen MR) is 54.0 cm³/mol. The van der Waals surface area contributed by atoms with Crippen molar-refractivity contribution in [2.75, 3.05) is 0 Å². The van der Waals surface area contributed by atoms with Gasteiger partial charge in [-0.15, -0.1) is 0 Å². The molecule has 0 radical (unpaired) electrons. The molecule has 0 spiro atoms. The van der Waals surface area contributed by atoms with E-state index in [0.29, 0.717) is 11.1 Å². The van der Waals surface area contributed by atoms with E-state index in [4.69, 9.17) is 0 Å². The van der Waals surface area contributed by atoms with E-state index in [9.17, 15) is 14.4 Å². The van der Waals surface area contributed by atoms with Gasteiger partial charge in [0.15, 0.2) is 11.6 Å². The van der Waals surface area contributed by atoms with Crippen LogP contribution in [0.3, 0.4) is 0 Å². The van der Waals surface area contributed by atoms with Gasteiger partial charge >= 0.3 is 0 Å². The van der Waals surface area contributed by atoms with Crippen molar-refractivity contribution in [3.8, 4) is 0 Å². The average Bonchev–Trinajstić information content (AvgIpc) is 2.40. The molecule has 0 N–H and O–H groups in total. The summed E-state index contributed by atoms with van der Waals surface area (Å²) in [4.78, 5) is 34.8. The molecule has 1 unspecified atom stereocenters. The molecular weight excluding hydrogens is 192 g/mol. The molecule has 76 valence electrons. The van der Waals surface area contributed by atoms with Crippen LogP contribution in [0, 0.1) is 12.8 Å². The summed E-state index contributed by atoms with van der Waals surface area (Å²) in [6, 6.07) is 5.10. The molecule has 0 heterocycles. The van der Waals surface area contributed by atoms with Crippen molar-refractivity contribution in [2.24, 2.45) is 5.92 Å². The number of ketones is 3.